The summed E-state index contributed by atoms with van der Waals surface area (Å²) < 4.78 is 5.08. The van der Waals surface area contributed by atoms with E-state index >= 15 is 0 Å². The van der Waals surface area contributed by atoms with Crippen LogP contribution in [0.3, 0.4) is 0 Å². The Morgan fingerprint density at radius 1 is 1.28 bits per heavy atom. The van der Waals surface area contributed by atoms with Crippen LogP contribution in [0.5, 0.6) is 5.75 Å². The van der Waals surface area contributed by atoms with Crippen LogP contribution in [-0.2, 0) is 0 Å². The molecule has 3 nitrogen and oxygen atoms in total. The van der Waals surface area contributed by atoms with Crippen molar-refractivity contribution in [3.8, 4) is 5.75 Å². The lowest BCUT2D eigenvalue weighted by Gasteiger charge is -2.21. The topological polar surface area (TPSA) is 29.5 Å². The van der Waals surface area contributed by atoms with Gasteiger partial charge in [-0.3, -0.25) is 9.69 Å². The largest absolute Gasteiger partial charge is 0.497 e. The molecule has 0 aromatic heterocycles. The smallest absolute Gasteiger partial charge is 0.176 e. The fraction of sp³-hybridized carbons (Fsp3) is 0.533. The number of carbonyl (C=O) groups excluding carboxylic acids is 1. The van der Waals surface area contributed by atoms with Crippen molar-refractivity contribution in [1.82, 2.24) is 4.90 Å². The summed E-state index contributed by atoms with van der Waals surface area (Å²) in [6.07, 6.45) is 0. The summed E-state index contributed by atoms with van der Waals surface area (Å²) in [6, 6.07) is 7.30. The van der Waals surface area contributed by atoms with Crippen molar-refractivity contribution < 1.29 is 9.53 Å². The van der Waals surface area contributed by atoms with Gasteiger partial charge in [-0.2, -0.15) is 0 Å². The van der Waals surface area contributed by atoms with Crippen LogP contribution in [0.4, 0.5) is 0 Å². The first-order valence-corrected chi connectivity index (χ1v) is 6.46. The molecule has 0 N–H and O–H groups in total. The van der Waals surface area contributed by atoms with Crippen molar-refractivity contribution in [2.75, 3.05) is 26.7 Å². The molecule has 1 rings (SSSR count). The van der Waals surface area contributed by atoms with E-state index in [2.05, 4.69) is 25.7 Å². The highest BCUT2D eigenvalue weighted by Gasteiger charge is 2.12. The van der Waals surface area contributed by atoms with Gasteiger partial charge >= 0.3 is 0 Å². The van der Waals surface area contributed by atoms with Crippen LogP contribution in [-0.4, -0.2) is 37.4 Å². The number of benzene rings is 1. The third kappa shape index (κ3) is 4.49. The van der Waals surface area contributed by atoms with Gasteiger partial charge in [-0.1, -0.05) is 20.8 Å². The van der Waals surface area contributed by atoms with Crippen molar-refractivity contribution in [1.29, 1.82) is 0 Å². The SMILES string of the molecule is CCN(CC(=O)c1ccc(OC)cc1)CC(C)C. The standard InChI is InChI=1S/C15H23NO2/c1-5-16(10-12(2)3)11-15(17)13-6-8-14(18-4)9-7-13/h6-9,12H,5,10-11H2,1-4H3. The summed E-state index contributed by atoms with van der Waals surface area (Å²) in [6.45, 7) is 8.77. The molecule has 0 saturated heterocycles. The van der Waals surface area contributed by atoms with Crippen LogP contribution in [0, 0.1) is 5.92 Å². The first-order valence-electron chi connectivity index (χ1n) is 6.46. The number of likely N-dealkylation sites (N-methyl/N-ethyl adjacent to an activating group) is 1. The molecule has 1 aromatic rings. The molecule has 3 heteroatoms. The van der Waals surface area contributed by atoms with Gasteiger partial charge in [0.25, 0.3) is 0 Å². The second-order valence-corrected chi connectivity index (χ2v) is 4.87. The van der Waals surface area contributed by atoms with Gasteiger partial charge in [0.15, 0.2) is 5.78 Å². The number of ether oxygens (including phenoxy) is 1. The number of hydrogen-bond donors (Lipinski definition) is 0. The van der Waals surface area contributed by atoms with Gasteiger partial charge < -0.3 is 4.74 Å². The zero-order chi connectivity index (χ0) is 13.5. The van der Waals surface area contributed by atoms with Crippen molar-refractivity contribution in [2.45, 2.75) is 20.8 Å². The molecule has 0 aliphatic heterocycles. The normalized spacial score (nSPS) is 11.0. The Bertz CT molecular complexity index is 371. The first kappa shape index (κ1) is 14.7. The highest BCUT2D eigenvalue weighted by atomic mass is 16.5. The molecule has 0 unspecified atom stereocenters. The minimum atomic E-state index is 0.167. The molecule has 0 atom stereocenters. The third-order valence-electron chi connectivity index (χ3n) is 2.85. The monoisotopic (exact) mass is 249 g/mol. The van der Waals surface area contributed by atoms with E-state index in [4.69, 9.17) is 4.74 Å². The fourth-order valence-corrected chi connectivity index (χ4v) is 1.89. The Morgan fingerprint density at radius 2 is 1.89 bits per heavy atom. The first-order chi connectivity index (χ1) is 8.56. The van der Waals surface area contributed by atoms with Gasteiger partial charge in [0.2, 0.25) is 0 Å². The molecule has 100 valence electrons. The summed E-state index contributed by atoms with van der Waals surface area (Å²) in [5.74, 6) is 1.52. The fourth-order valence-electron chi connectivity index (χ4n) is 1.89. The van der Waals surface area contributed by atoms with Crippen molar-refractivity contribution in [3.63, 3.8) is 0 Å². The lowest BCUT2D eigenvalue weighted by Crippen LogP contribution is -2.32. The summed E-state index contributed by atoms with van der Waals surface area (Å²) in [5.41, 5.74) is 0.748. The van der Waals surface area contributed by atoms with Crippen LogP contribution in [0.1, 0.15) is 31.1 Å². The predicted molar refractivity (Wildman–Crippen MR) is 74.3 cm³/mol. The van der Waals surface area contributed by atoms with Crippen LogP contribution >= 0.6 is 0 Å². The van der Waals surface area contributed by atoms with Gasteiger partial charge in [-0.25, -0.2) is 0 Å². The Balaban J connectivity index is 2.62. The number of Topliss-reactive ketones (excluding diaryl/α,β-unsaturated/α-hetero) is 1. The molecular weight excluding hydrogens is 226 g/mol. The molecule has 0 heterocycles. The van der Waals surface area contributed by atoms with Crippen molar-refractivity contribution in [3.05, 3.63) is 29.8 Å². The van der Waals surface area contributed by atoms with E-state index in [1.807, 2.05) is 24.3 Å². The van der Waals surface area contributed by atoms with E-state index in [-0.39, 0.29) is 5.78 Å². The average Bonchev–Trinajstić information content (AvgIpc) is 2.37. The molecular formula is C15H23NO2. The van der Waals surface area contributed by atoms with E-state index in [0.29, 0.717) is 12.5 Å². The molecule has 0 radical (unpaired) electrons. The summed E-state index contributed by atoms with van der Waals surface area (Å²) in [4.78, 5) is 14.3. The Morgan fingerprint density at radius 3 is 2.33 bits per heavy atom. The number of ketones is 1. The van der Waals surface area contributed by atoms with Crippen LogP contribution < -0.4 is 4.74 Å². The maximum absolute atomic E-state index is 12.1. The number of methoxy groups -OCH3 is 1. The summed E-state index contributed by atoms with van der Waals surface area (Å²) in [7, 11) is 1.62. The Hall–Kier alpha value is -1.35. The molecule has 0 saturated carbocycles. The highest BCUT2D eigenvalue weighted by molar-refractivity contribution is 5.97. The lowest BCUT2D eigenvalue weighted by molar-refractivity contribution is 0.0926. The number of carbonyl (C=O) groups is 1. The number of rotatable bonds is 7. The zero-order valence-corrected chi connectivity index (χ0v) is 11.8. The second kappa shape index (κ2) is 7.17. The summed E-state index contributed by atoms with van der Waals surface area (Å²) in [5, 5.41) is 0. The number of nitrogens with zero attached hydrogens (tertiary/aromatic N) is 1. The molecule has 0 bridgehead atoms. The number of hydrogen-bond acceptors (Lipinski definition) is 3. The summed E-state index contributed by atoms with van der Waals surface area (Å²) >= 11 is 0. The van der Waals surface area contributed by atoms with Crippen LogP contribution in [0.25, 0.3) is 0 Å². The van der Waals surface area contributed by atoms with Gasteiger partial charge in [0.05, 0.1) is 13.7 Å². The average molecular weight is 249 g/mol. The minimum absolute atomic E-state index is 0.167. The maximum Gasteiger partial charge on any atom is 0.176 e. The van der Waals surface area contributed by atoms with E-state index in [9.17, 15) is 4.79 Å². The van der Waals surface area contributed by atoms with Crippen LogP contribution in [0.2, 0.25) is 0 Å². The van der Waals surface area contributed by atoms with E-state index in [0.717, 1.165) is 24.4 Å². The Labute approximate surface area is 110 Å². The van der Waals surface area contributed by atoms with Gasteiger partial charge in [0.1, 0.15) is 5.75 Å². The second-order valence-electron chi connectivity index (χ2n) is 4.87. The quantitative estimate of drug-likeness (QED) is 0.696. The Kier molecular flexibility index (Phi) is 5.86. The van der Waals surface area contributed by atoms with Crippen LogP contribution in [0.15, 0.2) is 24.3 Å². The molecule has 1 aromatic carbocycles. The lowest BCUT2D eigenvalue weighted by atomic mass is 10.1. The molecule has 0 amide bonds. The minimum Gasteiger partial charge on any atom is -0.497 e. The van der Waals surface area contributed by atoms with E-state index < -0.39 is 0 Å². The van der Waals surface area contributed by atoms with Gasteiger partial charge in [-0.15, -0.1) is 0 Å². The van der Waals surface area contributed by atoms with E-state index in [1.165, 1.54) is 0 Å². The molecule has 0 spiro atoms. The molecule has 0 fully saturated rings. The third-order valence-corrected chi connectivity index (χ3v) is 2.85. The van der Waals surface area contributed by atoms with Gasteiger partial charge in [0, 0.05) is 12.1 Å². The molecule has 0 aliphatic rings. The van der Waals surface area contributed by atoms with Gasteiger partial charge in [-0.05, 0) is 36.7 Å². The highest BCUT2D eigenvalue weighted by Crippen LogP contribution is 2.12. The molecule has 0 aliphatic carbocycles. The molecule has 18 heavy (non-hydrogen) atoms. The zero-order valence-electron chi connectivity index (χ0n) is 11.8. The van der Waals surface area contributed by atoms with Crippen molar-refractivity contribution >= 4 is 5.78 Å². The van der Waals surface area contributed by atoms with Crippen molar-refractivity contribution in [2.24, 2.45) is 5.92 Å². The van der Waals surface area contributed by atoms with E-state index in [1.54, 1.807) is 7.11 Å². The maximum atomic E-state index is 12.1. The predicted octanol–water partition coefficient (Wildman–Crippen LogP) is 2.86.